The summed E-state index contributed by atoms with van der Waals surface area (Å²) >= 11 is 3.67. The number of thiazole rings is 1. The number of rotatable bonds is 7. The normalized spacial score (nSPS) is 13.0. The molecule has 0 radical (unpaired) electrons. The number of thioether (sulfide) groups is 1. The first-order valence-electron chi connectivity index (χ1n) is 5.52. The minimum absolute atomic E-state index is 0.337. The topological polar surface area (TPSA) is 38.9 Å². The molecule has 0 aliphatic rings. The number of hydrogen-bond acceptors (Lipinski definition) is 4. The molecule has 0 aliphatic carbocycles. The third-order valence-corrected chi connectivity index (χ3v) is 4.29. The molecule has 15 heavy (non-hydrogen) atoms. The van der Waals surface area contributed by atoms with E-state index in [9.17, 15) is 0 Å². The zero-order valence-corrected chi connectivity index (χ0v) is 11.2. The van der Waals surface area contributed by atoms with Crippen LogP contribution >= 0.6 is 23.1 Å². The fraction of sp³-hybridized carbons (Fsp3) is 0.727. The van der Waals surface area contributed by atoms with E-state index in [0.717, 1.165) is 24.3 Å². The van der Waals surface area contributed by atoms with Crippen LogP contribution in [-0.4, -0.2) is 16.8 Å². The first-order chi connectivity index (χ1) is 7.26. The van der Waals surface area contributed by atoms with Crippen molar-refractivity contribution >= 4 is 23.1 Å². The van der Waals surface area contributed by atoms with Crippen LogP contribution in [0, 0.1) is 0 Å². The molecule has 86 valence electrons. The van der Waals surface area contributed by atoms with Gasteiger partial charge in [0.2, 0.25) is 0 Å². The summed E-state index contributed by atoms with van der Waals surface area (Å²) in [6.45, 7) is 4.32. The average Bonchev–Trinajstić information content (AvgIpc) is 2.66. The molecule has 1 rings (SSSR count). The van der Waals surface area contributed by atoms with Gasteiger partial charge in [-0.05, 0) is 19.3 Å². The van der Waals surface area contributed by atoms with E-state index in [2.05, 4.69) is 24.2 Å². The van der Waals surface area contributed by atoms with Gasteiger partial charge in [0.15, 0.2) is 0 Å². The molecule has 0 aromatic carbocycles. The summed E-state index contributed by atoms with van der Waals surface area (Å²) in [7, 11) is 0. The molecule has 1 aromatic rings. The van der Waals surface area contributed by atoms with E-state index >= 15 is 0 Å². The molecule has 1 aromatic heterocycles. The van der Waals surface area contributed by atoms with Crippen molar-refractivity contribution in [2.24, 2.45) is 5.73 Å². The van der Waals surface area contributed by atoms with E-state index in [1.807, 2.05) is 11.8 Å². The second kappa shape index (κ2) is 7.25. The maximum atomic E-state index is 5.85. The Kier molecular flexibility index (Phi) is 6.29. The Bertz CT molecular complexity index is 273. The summed E-state index contributed by atoms with van der Waals surface area (Å²) < 4.78 is 0. The Balaban J connectivity index is 2.25. The second-order valence-corrected chi connectivity index (χ2v) is 5.64. The van der Waals surface area contributed by atoms with Gasteiger partial charge in [-0.25, -0.2) is 4.98 Å². The standard InChI is InChI=1S/C11H20N2S2/c1-3-5-11-13-10(8-15-11)7-14-6-9(12)4-2/h8-9H,3-7,12H2,1-2H3. The summed E-state index contributed by atoms with van der Waals surface area (Å²) in [5.74, 6) is 2.05. The van der Waals surface area contributed by atoms with Crippen molar-refractivity contribution in [2.45, 2.75) is 44.9 Å². The molecule has 0 spiro atoms. The fourth-order valence-electron chi connectivity index (χ4n) is 1.18. The van der Waals surface area contributed by atoms with Crippen molar-refractivity contribution in [2.75, 3.05) is 5.75 Å². The molecule has 1 heterocycles. The van der Waals surface area contributed by atoms with Gasteiger partial charge in [-0.3, -0.25) is 0 Å². The molecule has 0 aliphatic heterocycles. The van der Waals surface area contributed by atoms with E-state index in [4.69, 9.17) is 5.73 Å². The first-order valence-corrected chi connectivity index (χ1v) is 7.56. The second-order valence-electron chi connectivity index (χ2n) is 3.67. The van der Waals surface area contributed by atoms with Crippen LogP contribution in [0.2, 0.25) is 0 Å². The highest BCUT2D eigenvalue weighted by Crippen LogP contribution is 2.17. The summed E-state index contributed by atoms with van der Waals surface area (Å²) in [5, 5.41) is 3.45. The van der Waals surface area contributed by atoms with Crippen LogP contribution in [0.4, 0.5) is 0 Å². The quantitative estimate of drug-likeness (QED) is 0.801. The van der Waals surface area contributed by atoms with E-state index in [1.54, 1.807) is 11.3 Å². The van der Waals surface area contributed by atoms with Gasteiger partial charge in [-0.2, -0.15) is 11.8 Å². The fourth-order valence-corrected chi connectivity index (χ4v) is 3.20. The monoisotopic (exact) mass is 244 g/mol. The van der Waals surface area contributed by atoms with Crippen molar-refractivity contribution in [3.05, 3.63) is 16.1 Å². The Morgan fingerprint density at radius 3 is 3.00 bits per heavy atom. The molecule has 0 amide bonds. The van der Waals surface area contributed by atoms with Crippen LogP contribution < -0.4 is 5.73 Å². The largest absolute Gasteiger partial charge is 0.327 e. The molecule has 0 bridgehead atoms. The zero-order chi connectivity index (χ0) is 11.1. The molecule has 4 heteroatoms. The summed E-state index contributed by atoms with van der Waals surface area (Å²) in [4.78, 5) is 4.58. The summed E-state index contributed by atoms with van der Waals surface area (Å²) in [6, 6.07) is 0.337. The third kappa shape index (κ3) is 5.00. The van der Waals surface area contributed by atoms with Gasteiger partial charge in [-0.15, -0.1) is 11.3 Å². The zero-order valence-electron chi connectivity index (χ0n) is 9.53. The lowest BCUT2D eigenvalue weighted by Gasteiger charge is -2.06. The highest BCUT2D eigenvalue weighted by Gasteiger charge is 2.03. The van der Waals surface area contributed by atoms with Crippen molar-refractivity contribution in [1.82, 2.24) is 4.98 Å². The van der Waals surface area contributed by atoms with Crippen molar-refractivity contribution in [1.29, 1.82) is 0 Å². The van der Waals surface area contributed by atoms with E-state index < -0.39 is 0 Å². The lowest BCUT2D eigenvalue weighted by Crippen LogP contribution is -2.21. The summed E-state index contributed by atoms with van der Waals surface area (Å²) in [6.07, 6.45) is 3.36. The van der Waals surface area contributed by atoms with Gasteiger partial charge in [0.25, 0.3) is 0 Å². The number of aromatic nitrogens is 1. The van der Waals surface area contributed by atoms with Crippen molar-refractivity contribution in [3.8, 4) is 0 Å². The number of aryl methyl sites for hydroxylation is 1. The molecule has 0 fully saturated rings. The molecule has 0 saturated carbocycles. The highest BCUT2D eigenvalue weighted by atomic mass is 32.2. The first kappa shape index (κ1) is 13.0. The van der Waals surface area contributed by atoms with E-state index in [0.29, 0.717) is 6.04 Å². The van der Waals surface area contributed by atoms with Crippen LogP contribution in [0.1, 0.15) is 37.4 Å². The molecule has 2 N–H and O–H groups in total. The lowest BCUT2D eigenvalue weighted by atomic mass is 10.3. The highest BCUT2D eigenvalue weighted by molar-refractivity contribution is 7.98. The van der Waals surface area contributed by atoms with Gasteiger partial charge in [-0.1, -0.05) is 13.8 Å². The van der Waals surface area contributed by atoms with Gasteiger partial charge < -0.3 is 5.73 Å². The predicted octanol–water partition coefficient (Wildman–Crippen LogP) is 3.07. The van der Waals surface area contributed by atoms with Gasteiger partial charge in [0.05, 0.1) is 10.7 Å². The number of hydrogen-bond donors (Lipinski definition) is 1. The molecular weight excluding hydrogens is 224 g/mol. The van der Waals surface area contributed by atoms with Gasteiger partial charge in [0, 0.05) is 22.9 Å². The van der Waals surface area contributed by atoms with Crippen LogP contribution in [0.5, 0.6) is 0 Å². The molecule has 1 atom stereocenters. The van der Waals surface area contributed by atoms with Crippen molar-refractivity contribution in [3.63, 3.8) is 0 Å². The predicted molar refractivity (Wildman–Crippen MR) is 70.5 cm³/mol. The number of nitrogens with two attached hydrogens (primary N) is 1. The van der Waals surface area contributed by atoms with Crippen LogP contribution in [0.25, 0.3) is 0 Å². The third-order valence-electron chi connectivity index (χ3n) is 2.17. The van der Waals surface area contributed by atoms with Crippen LogP contribution in [-0.2, 0) is 12.2 Å². The maximum absolute atomic E-state index is 5.85. The maximum Gasteiger partial charge on any atom is 0.0928 e. The van der Waals surface area contributed by atoms with Gasteiger partial charge in [0.1, 0.15) is 0 Å². The summed E-state index contributed by atoms with van der Waals surface area (Å²) in [5.41, 5.74) is 7.07. The molecule has 2 nitrogen and oxygen atoms in total. The van der Waals surface area contributed by atoms with Crippen LogP contribution in [0.3, 0.4) is 0 Å². The Hall–Kier alpha value is -0.0600. The Morgan fingerprint density at radius 1 is 1.53 bits per heavy atom. The minimum Gasteiger partial charge on any atom is -0.327 e. The smallest absolute Gasteiger partial charge is 0.0928 e. The van der Waals surface area contributed by atoms with E-state index in [1.165, 1.54) is 17.1 Å². The minimum atomic E-state index is 0.337. The molecule has 1 unspecified atom stereocenters. The Labute approximate surface area is 101 Å². The SMILES string of the molecule is CCCc1nc(CSCC(N)CC)cs1. The Morgan fingerprint density at radius 2 is 2.33 bits per heavy atom. The van der Waals surface area contributed by atoms with Crippen LogP contribution in [0.15, 0.2) is 5.38 Å². The molecular formula is C11H20N2S2. The van der Waals surface area contributed by atoms with E-state index in [-0.39, 0.29) is 0 Å². The number of nitrogens with zero attached hydrogens (tertiary/aromatic N) is 1. The van der Waals surface area contributed by atoms with Gasteiger partial charge >= 0.3 is 0 Å². The lowest BCUT2D eigenvalue weighted by molar-refractivity contribution is 0.724. The average molecular weight is 244 g/mol. The molecule has 0 saturated heterocycles. The van der Waals surface area contributed by atoms with Crippen molar-refractivity contribution < 1.29 is 0 Å².